The largest absolute Gasteiger partial charge is 0.508 e. The number of hydrogen-bond donors (Lipinski definition) is 3. The van der Waals surface area contributed by atoms with Crippen molar-refractivity contribution in [3.63, 3.8) is 0 Å². The van der Waals surface area contributed by atoms with Gasteiger partial charge in [0, 0.05) is 18.5 Å². The molecule has 1 aliphatic rings. The van der Waals surface area contributed by atoms with Gasteiger partial charge < -0.3 is 25.4 Å². The summed E-state index contributed by atoms with van der Waals surface area (Å²) < 4.78 is 5.53. The van der Waals surface area contributed by atoms with Gasteiger partial charge in [0.2, 0.25) is 11.8 Å². The first-order valence-corrected chi connectivity index (χ1v) is 15.3. The van der Waals surface area contributed by atoms with Crippen LogP contribution in [0.3, 0.4) is 0 Å². The SMILES string of the molecule is CCC(C)N(C(=O)C(Cc1ccc(O)cc1)NC(=O)OC(C)(C)C)C(C(=O)NC1CCCCC1)c1cc(C)ccc1C. The van der Waals surface area contributed by atoms with E-state index in [1.807, 2.05) is 45.9 Å². The number of nitrogens with one attached hydrogen (secondary N) is 2. The highest BCUT2D eigenvalue weighted by Gasteiger charge is 2.39. The number of aryl methyl sites for hydroxylation is 2. The zero-order chi connectivity index (χ0) is 31.0. The Morgan fingerprint density at radius 3 is 2.26 bits per heavy atom. The van der Waals surface area contributed by atoms with Gasteiger partial charge in [-0.15, -0.1) is 0 Å². The van der Waals surface area contributed by atoms with E-state index in [9.17, 15) is 19.5 Å². The fourth-order valence-corrected chi connectivity index (χ4v) is 5.49. The fourth-order valence-electron chi connectivity index (χ4n) is 5.49. The van der Waals surface area contributed by atoms with Gasteiger partial charge in [0.05, 0.1) is 0 Å². The van der Waals surface area contributed by atoms with Gasteiger partial charge in [-0.25, -0.2) is 4.79 Å². The first-order chi connectivity index (χ1) is 19.8. The van der Waals surface area contributed by atoms with Gasteiger partial charge in [0.15, 0.2) is 0 Å². The molecule has 2 aromatic rings. The Morgan fingerprint density at radius 2 is 1.67 bits per heavy atom. The number of ether oxygens (including phenoxy) is 1. The molecule has 0 heterocycles. The molecule has 0 aliphatic heterocycles. The number of aromatic hydroxyl groups is 1. The molecule has 3 amide bonds. The lowest BCUT2D eigenvalue weighted by Crippen LogP contribution is -2.56. The number of amides is 3. The van der Waals surface area contributed by atoms with Crippen LogP contribution in [0, 0.1) is 13.8 Å². The number of phenolic OH excluding ortho intramolecular Hbond substituents is 1. The van der Waals surface area contributed by atoms with E-state index < -0.39 is 23.8 Å². The van der Waals surface area contributed by atoms with Crippen LogP contribution < -0.4 is 10.6 Å². The molecule has 3 N–H and O–H groups in total. The van der Waals surface area contributed by atoms with Crippen LogP contribution in [0.5, 0.6) is 5.75 Å². The Hall–Kier alpha value is -3.55. The summed E-state index contributed by atoms with van der Waals surface area (Å²) in [5.41, 5.74) is 2.68. The van der Waals surface area contributed by atoms with Crippen molar-refractivity contribution in [1.82, 2.24) is 15.5 Å². The van der Waals surface area contributed by atoms with Crippen molar-refractivity contribution in [2.75, 3.05) is 0 Å². The molecule has 0 radical (unpaired) electrons. The maximum absolute atomic E-state index is 14.7. The summed E-state index contributed by atoms with van der Waals surface area (Å²) in [5.74, 6) is -0.463. The third-order valence-electron chi connectivity index (χ3n) is 7.89. The average Bonchev–Trinajstić information content (AvgIpc) is 2.92. The molecule has 3 rings (SSSR count). The normalized spacial score (nSPS) is 16.2. The topological polar surface area (TPSA) is 108 Å². The Labute approximate surface area is 251 Å². The smallest absolute Gasteiger partial charge is 0.408 e. The highest BCUT2D eigenvalue weighted by molar-refractivity contribution is 5.93. The Morgan fingerprint density at radius 1 is 1.02 bits per heavy atom. The second-order valence-corrected chi connectivity index (χ2v) is 12.7. The van der Waals surface area contributed by atoms with Gasteiger partial charge >= 0.3 is 6.09 Å². The number of hydrogen-bond acceptors (Lipinski definition) is 5. The van der Waals surface area contributed by atoms with Crippen LogP contribution in [0.1, 0.15) is 101 Å². The lowest BCUT2D eigenvalue weighted by Gasteiger charge is -2.39. The van der Waals surface area contributed by atoms with Gasteiger partial charge in [-0.2, -0.15) is 0 Å². The summed E-state index contributed by atoms with van der Waals surface area (Å²) in [5, 5.41) is 15.9. The molecule has 42 heavy (non-hydrogen) atoms. The van der Waals surface area contributed by atoms with Crippen LogP contribution in [0.2, 0.25) is 0 Å². The third-order valence-corrected chi connectivity index (χ3v) is 7.89. The molecule has 0 bridgehead atoms. The van der Waals surface area contributed by atoms with Gasteiger partial charge in [-0.3, -0.25) is 9.59 Å². The van der Waals surface area contributed by atoms with E-state index in [2.05, 4.69) is 10.6 Å². The summed E-state index contributed by atoms with van der Waals surface area (Å²) in [6.07, 6.45) is 5.22. The fraction of sp³-hybridized carbons (Fsp3) is 0.559. The number of rotatable bonds is 10. The molecule has 0 spiro atoms. The number of benzene rings is 2. The van der Waals surface area contributed by atoms with Crippen molar-refractivity contribution in [3.8, 4) is 5.75 Å². The standard InChI is InChI=1S/C34H49N3O5/c1-8-24(4)37(30(28-20-22(2)14-15-23(28)3)31(39)35-26-12-10-9-11-13-26)32(40)29(36-33(41)42-34(5,6)7)21-25-16-18-27(38)19-17-25/h14-20,24,26,29-30,38H,8-13,21H2,1-7H3,(H,35,39)(H,36,41). The van der Waals surface area contributed by atoms with E-state index in [1.54, 1.807) is 49.9 Å². The van der Waals surface area contributed by atoms with Gasteiger partial charge in [-0.1, -0.05) is 62.1 Å². The van der Waals surface area contributed by atoms with Crippen LogP contribution in [0.25, 0.3) is 0 Å². The van der Waals surface area contributed by atoms with E-state index >= 15 is 0 Å². The van der Waals surface area contributed by atoms with Gasteiger partial charge in [0.1, 0.15) is 23.4 Å². The zero-order valence-corrected chi connectivity index (χ0v) is 26.3. The molecular weight excluding hydrogens is 530 g/mol. The zero-order valence-electron chi connectivity index (χ0n) is 26.3. The molecule has 3 unspecified atom stereocenters. The minimum atomic E-state index is -1.01. The second-order valence-electron chi connectivity index (χ2n) is 12.7. The molecule has 0 saturated heterocycles. The highest BCUT2D eigenvalue weighted by Crippen LogP contribution is 2.31. The van der Waals surface area contributed by atoms with Crippen LogP contribution >= 0.6 is 0 Å². The van der Waals surface area contributed by atoms with Crippen LogP contribution in [-0.4, -0.2) is 51.6 Å². The minimum absolute atomic E-state index is 0.0698. The van der Waals surface area contributed by atoms with Crippen LogP contribution in [-0.2, 0) is 20.7 Å². The predicted molar refractivity (Wildman–Crippen MR) is 165 cm³/mol. The predicted octanol–water partition coefficient (Wildman–Crippen LogP) is 6.26. The number of phenols is 1. The van der Waals surface area contributed by atoms with Crippen molar-refractivity contribution < 1.29 is 24.2 Å². The molecule has 8 heteroatoms. The lowest BCUT2D eigenvalue weighted by molar-refractivity contribution is -0.145. The maximum Gasteiger partial charge on any atom is 0.408 e. The summed E-state index contributed by atoms with van der Waals surface area (Å²) >= 11 is 0. The highest BCUT2D eigenvalue weighted by atomic mass is 16.6. The van der Waals surface area contributed by atoms with E-state index in [0.717, 1.165) is 47.9 Å². The van der Waals surface area contributed by atoms with E-state index in [4.69, 9.17) is 4.74 Å². The summed E-state index contributed by atoms with van der Waals surface area (Å²) in [6.45, 7) is 13.2. The third kappa shape index (κ3) is 9.23. The molecule has 1 aliphatic carbocycles. The molecule has 2 aromatic carbocycles. The number of carbonyl (C=O) groups is 3. The number of alkyl carbamates (subject to hydrolysis) is 1. The monoisotopic (exact) mass is 579 g/mol. The van der Waals surface area contributed by atoms with Crippen LogP contribution in [0.15, 0.2) is 42.5 Å². The molecular formula is C34H49N3O5. The quantitative estimate of drug-likeness (QED) is 0.308. The van der Waals surface area contributed by atoms with Crippen molar-refractivity contribution in [2.24, 2.45) is 0 Å². The molecule has 230 valence electrons. The summed E-state index contributed by atoms with van der Waals surface area (Å²) in [7, 11) is 0. The molecule has 3 atom stereocenters. The Bertz CT molecular complexity index is 1210. The molecule has 1 fully saturated rings. The van der Waals surface area contributed by atoms with Crippen molar-refractivity contribution >= 4 is 17.9 Å². The van der Waals surface area contributed by atoms with E-state index in [0.29, 0.717) is 6.42 Å². The first kappa shape index (κ1) is 33.0. The van der Waals surface area contributed by atoms with Crippen LogP contribution in [0.4, 0.5) is 4.79 Å². The maximum atomic E-state index is 14.7. The van der Waals surface area contributed by atoms with Crippen molar-refractivity contribution in [3.05, 3.63) is 64.7 Å². The van der Waals surface area contributed by atoms with Gasteiger partial charge in [-0.05, 0) is 89.6 Å². The molecule has 0 aromatic heterocycles. The Balaban J connectivity index is 2.08. The second kappa shape index (κ2) is 14.6. The summed E-state index contributed by atoms with van der Waals surface area (Å²) in [4.78, 5) is 43.5. The summed E-state index contributed by atoms with van der Waals surface area (Å²) in [6, 6.07) is 10.4. The van der Waals surface area contributed by atoms with E-state index in [1.165, 1.54) is 6.42 Å². The van der Waals surface area contributed by atoms with Crippen molar-refractivity contribution in [2.45, 2.75) is 123 Å². The Kier molecular flexibility index (Phi) is 11.4. The minimum Gasteiger partial charge on any atom is -0.508 e. The lowest BCUT2D eigenvalue weighted by atomic mass is 9.92. The first-order valence-electron chi connectivity index (χ1n) is 15.3. The van der Waals surface area contributed by atoms with E-state index in [-0.39, 0.29) is 36.1 Å². The molecule has 1 saturated carbocycles. The number of nitrogens with zero attached hydrogens (tertiary/aromatic N) is 1. The number of carbonyl (C=O) groups excluding carboxylic acids is 3. The average molecular weight is 580 g/mol. The van der Waals surface area contributed by atoms with Crippen molar-refractivity contribution in [1.29, 1.82) is 0 Å². The van der Waals surface area contributed by atoms with Gasteiger partial charge in [0.25, 0.3) is 0 Å². The molecule has 8 nitrogen and oxygen atoms in total.